The Kier molecular flexibility index (Phi) is 8.02. The summed E-state index contributed by atoms with van der Waals surface area (Å²) in [6.07, 6.45) is 1.31. The molecular weight excluding hydrogens is 262 g/mol. The topological polar surface area (TPSA) is 63.3 Å². The second-order valence-corrected chi connectivity index (χ2v) is 4.69. The standard InChI is InChI=1S/C14H12O2.C4H11N/c15-13(11-7-3-1-4-8-11)14(16)12-9-5-2-6-10-12;1-2-3-4-5/h1-10,13,15H;2-5H2,1H3. The molecule has 0 radical (unpaired) electrons. The van der Waals surface area contributed by atoms with E-state index in [0.29, 0.717) is 11.1 Å². The number of nitrogens with two attached hydrogens (primary N) is 1. The summed E-state index contributed by atoms with van der Waals surface area (Å²) in [7, 11) is 0. The molecular formula is C18H23NO2. The van der Waals surface area contributed by atoms with Crippen LogP contribution in [0.4, 0.5) is 0 Å². The fourth-order valence-electron chi connectivity index (χ4n) is 1.75. The van der Waals surface area contributed by atoms with E-state index in [9.17, 15) is 9.90 Å². The minimum atomic E-state index is -1.08. The van der Waals surface area contributed by atoms with Crippen LogP contribution in [0.2, 0.25) is 0 Å². The molecule has 2 aromatic rings. The van der Waals surface area contributed by atoms with E-state index in [1.807, 2.05) is 12.1 Å². The number of carbonyl (C=O) groups excluding carboxylic acids is 1. The van der Waals surface area contributed by atoms with Gasteiger partial charge in [-0.1, -0.05) is 74.0 Å². The van der Waals surface area contributed by atoms with Crippen LogP contribution < -0.4 is 5.73 Å². The van der Waals surface area contributed by atoms with E-state index in [4.69, 9.17) is 5.73 Å². The van der Waals surface area contributed by atoms with Gasteiger partial charge in [0.25, 0.3) is 0 Å². The lowest BCUT2D eigenvalue weighted by Gasteiger charge is -2.09. The fourth-order valence-corrected chi connectivity index (χ4v) is 1.75. The quantitative estimate of drug-likeness (QED) is 0.828. The van der Waals surface area contributed by atoms with Gasteiger partial charge in [-0.05, 0) is 18.5 Å². The molecule has 21 heavy (non-hydrogen) atoms. The van der Waals surface area contributed by atoms with Gasteiger partial charge < -0.3 is 10.8 Å². The Morgan fingerprint density at radius 3 is 2.00 bits per heavy atom. The van der Waals surface area contributed by atoms with Crippen LogP contribution >= 0.6 is 0 Å². The molecule has 2 aromatic carbocycles. The SMILES string of the molecule is CCCCN.O=C(c1ccccc1)C(O)c1ccccc1. The van der Waals surface area contributed by atoms with Crippen molar-refractivity contribution in [2.24, 2.45) is 5.73 Å². The Balaban J connectivity index is 0.000000383. The number of aliphatic hydroxyl groups is 1. The van der Waals surface area contributed by atoms with Crippen molar-refractivity contribution in [1.29, 1.82) is 0 Å². The summed E-state index contributed by atoms with van der Waals surface area (Å²) in [5.41, 5.74) is 6.29. The Morgan fingerprint density at radius 2 is 1.57 bits per heavy atom. The van der Waals surface area contributed by atoms with Crippen LogP contribution in [0.5, 0.6) is 0 Å². The average Bonchev–Trinajstić information content (AvgIpc) is 2.56. The number of aliphatic hydroxyl groups excluding tert-OH is 1. The Bertz CT molecular complexity index is 509. The molecule has 0 amide bonds. The van der Waals surface area contributed by atoms with Gasteiger partial charge in [-0.3, -0.25) is 4.79 Å². The smallest absolute Gasteiger partial charge is 0.195 e. The van der Waals surface area contributed by atoms with E-state index in [0.717, 1.165) is 6.54 Å². The van der Waals surface area contributed by atoms with E-state index in [2.05, 4.69) is 6.92 Å². The van der Waals surface area contributed by atoms with Crippen LogP contribution in [-0.4, -0.2) is 17.4 Å². The van der Waals surface area contributed by atoms with Gasteiger partial charge in [0.15, 0.2) is 5.78 Å². The zero-order chi connectivity index (χ0) is 15.5. The molecule has 0 aliphatic carbocycles. The summed E-state index contributed by atoms with van der Waals surface area (Å²) in [6, 6.07) is 17.7. The number of carbonyl (C=O) groups is 1. The molecule has 0 aliphatic rings. The van der Waals surface area contributed by atoms with Crippen molar-refractivity contribution in [1.82, 2.24) is 0 Å². The summed E-state index contributed by atoms with van der Waals surface area (Å²) in [5.74, 6) is -0.271. The summed E-state index contributed by atoms with van der Waals surface area (Å²) in [6.45, 7) is 2.98. The van der Waals surface area contributed by atoms with Gasteiger partial charge in [0, 0.05) is 5.56 Å². The normalized spacial score (nSPS) is 11.2. The van der Waals surface area contributed by atoms with E-state index < -0.39 is 6.10 Å². The Morgan fingerprint density at radius 1 is 1.05 bits per heavy atom. The highest BCUT2D eigenvalue weighted by Crippen LogP contribution is 2.17. The third-order valence-electron chi connectivity index (χ3n) is 2.98. The van der Waals surface area contributed by atoms with E-state index in [1.54, 1.807) is 48.5 Å². The van der Waals surface area contributed by atoms with Crippen molar-refractivity contribution in [3.05, 3.63) is 71.8 Å². The van der Waals surface area contributed by atoms with Gasteiger partial charge in [0.05, 0.1) is 0 Å². The second kappa shape index (κ2) is 9.86. The summed E-state index contributed by atoms with van der Waals surface area (Å²) >= 11 is 0. The summed E-state index contributed by atoms with van der Waals surface area (Å²) < 4.78 is 0. The van der Waals surface area contributed by atoms with Gasteiger partial charge >= 0.3 is 0 Å². The lowest BCUT2D eigenvalue weighted by atomic mass is 10.0. The average molecular weight is 285 g/mol. The maximum Gasteiger partial charge on any atom is 0.195 e. The predicted molar refractivity (Wildman–Crippen MR) is 86.1 cm³/mol. The third-order valence-corrected chi connectivity index (χ3v) is 2.98. The number of Topliss-reactive ketones (excluding diaryl/α,β-unsaturated/α-hetero) is 1. The lowest BCUT2D eigenvalue weighted by molar-refractivity contribution is 0.0747. The molecule has 3 heteroatoms. The van der Waals surface area contributed by atoms with Gasteiger partial charge in [-0.2, -0.15) is 0 Å². The lowest BCUT2D eigenvalue weighted by Crippen LogP contribution is -2.11. The van der Waals surface area contributed by atoms with Crippen LogP contribution in [0.3, 0.4) is 0 Å². The minimum Gasteiger partial charge on any atom is -0.380 e. The van der Waals surface area contributed by atoms with Crippen LogP contribution in [0.25, 0.3) is 0 Å². The predicted octanol–water partition coefficient (Wildman–Crippen LogP) is 3.35. The van der Waals surface area contributed by atoms with Crippen molar-refractivity contribution in [2.75, 3.05) is 6.54 Å². The van der Waals surface area contributed by atoms with Crippen molar-refractivity contribution < 1.29 is 9.90 Å². The fraction of sp³-hybridized carbons (Fsp3) is 0.278. The highest BCUT2D eigenvalue weighted by atomic mass is 16.3. The third kappa shape index (κ3) is 5.90. The minimum absolute atomic E-state index is 0.271. The molecule has 1 atom stereocenters. The number of benzene rings is 2. The Hall–Kier alpha value is -1.97. The first kappa shape index (κ1) is 17.1. The van der Waals surface area contributed by atoms with Crippen molar-refractivity contribution in [3.63, 3.8) is 0 Å². The Labute approximate surface area is 126 Å². The molecule has 0 aliphatic heterocycles. The highest BCUT2D eigenvalue weighted by Gasteiger charge is 2.18. The molecule has 0 aromatic heterocycles. The zero-order valence-corrected chi connectivity index (χ0v) is 12.4. The number of ketones is 1. The molecule has 112 valence electrons. The molecule has 0 spiro atoms. The van der Waals surface area contributed by atoms with Gasteiger partial charge in [-0.25, -0.2) is 0 Å². The highest BCUT2D eigenvalue weighted by molar-refractivity contribution is 5.99. The molecule has 0 saturated carbocycles. The number of unbranched alkanes of at least 4 members (excludes halogenated alkanes) is 1. The monoisotopic (exact) mass is 285 g/mol. The maximum atomic E-state index is 11.9. The molecule has 1 unspecified atom stereocenters. The first-order chi connectivity index (χ1) is 10.2. The molecule has 3 N–H and O–H groups in total. The first-order valence-electron chi connectivity index (χ1n) is 7.23. The van der Waals surface area contributed by atoms with Gasteiger partial charge in [0.1, 0.15) is 6.10 Å². The largest absolute Gasteiger partial charge is 0.380 e. The van der Waals surface area contributed by atoms with Crippen molar-refractivity contribution >= 4 is 5.78 Å². The van der Waals surface area contributed by atoms with Crippen LogP contribution in [0.15, 0.2) is 60.7 Å². The number of hydrogen-bond acceptors (Lipinski definition) is 3. The van der Waals surface area contributed by atoms with E-state index in [-0.39, 0.29) is 5.78 Å². The first-order valence-corrected chi connectivity index (χ1v) is 7.23. The van der Waals surface area contributed by atoms with Crippen molar-refractivity contribution in [3.8, 4) is 0 Å². The zero-order valence-electron chi connectivity index (χ0n) is 12.4. The van der Waals surface area contributed by atoms with Crippen LogP contribution in [-0.2, 0) is 0 Å². The molecule has 2 rings (SSSR count). The second-order valence-electron chi connectivity index (χ2n) is 4.69. The van der Waals surface area contributed by atoms with Gasteiger partial charge in [-0.15, -0.1) is 0 Å². The van der Waals surface area contributed by atoms with Gasteiger partial charge in [0.2, 0.25) is 0 Å². The summed E-state index contributed by atoms with van der Waals surface area (Å²) in [5, 5.41) is 9.89. The van der Waals surface area contributed by atoms with E-state index >= 15 is 0 Å². The number of rotatable bonds is 5. The molecule has 0 fully saturated rings. The maximum absolute atomic E-state index is 11.9. The van der Waals surface area contributed by atoms with E-state index in [1.165, 1.54) is 12.8 Å². The molecule has 3 nitrogen and oxygen atoms in total. The summed E-state index contributed by atoms with van der Waals surface area (Å²) in [4.78, 5) is 11.9. The molecule has 0 saturated heterocycles. The van der Waals surface area contributed by atoms with Crippen LogP contribution in [0.1, 0.15) is 41.8 Å². The molecule has 0 heterocycles. The molecule has 0 bridgehead atoms. The van der Waals surface area contributed by atoms with Crippen LogP contribution in [0, 0.1) is 0 Å². The number of hydrogen-bond donors (Lipinski definition) is 2. The van der Waals surface area contributed by atoms with Crippen molar-refractivity contribution in [2.45, 2.75) is 25.9 Å².